The van der Waals surface area contributed by atoms with Crippen molar-refractivity contribution in [3.63, 3.8) is 0 Å². The Morgan fingerprint density at radius 2 is 1.77 bits per heavy atom. The summed E-state index contributed by atoms with van der Waals surface area (Å²) >= 11 is 0. The lowest BCUT2D eigenvalue weighted by Crippen LogP contribution is -2.36. The maximum Gasteiger partial charge on any atom is 0.407 e. The smallest absolute Gasteiger partial charge is 0.407 e. The van der Waals surface area contributed by atoms with E-state index in [4.69, 9.17) is 4.74 Å². The summed E-state index contributed by atoms with van der Waals surface area (Å²) in [5.41, 5.74) is 2.64. The molecule has 0 unspecified atom stereocenters. The molecule has 1 fully saturated rings. The standard InChI is InChI=1S/C21H23NO4/c23-20(24)16-11-12-17(19(13-16)15-7-3-1-4-8-15)14-26-21(25)22-18-9-5-2-6-10-18/h1,3-4,7-8,11-13,18H,2,5-6,9-10,14H2,(H,22,25)(H,23,24). The van der Waals surface area contributed by atoms with E-state index in [1.165, 1.54) is 12.5 Å². The number of hydrogen-bond acceptors (Lipinski definition) is 3. The monoisotopic (exact) mass is 353 g/mol. The zero-order valence-electron chi connectivity index (χ0n) is 14.6. The van der Waals surface area contributed by atoms with E-state index in [-0.39, 0.29) is 18.2 Å². The highest BCUT2D eigenvalue weighted by Gasteiger charge is 2.17. The molecular weight excluding hydrogens is 330 g/mol. The van der Waals surface area contributed by atoms with Crippen LogP contribution in [0.5, 0.6) is 0 Å². The van der Waals surface area contributed by atoms with E-state index in [0.717, 1.165) is 42.4 Å². The minimum atomic E-state index is -0.982. The number of hydrogen-bond donors (Lipinski definition) is 2. The molecule has 2 aromatic carbocycles. The van der Waals surface area contributed by atoms with Gasteiger partial charge in [-0.15, -0.1) is 0 Å². The van der Waals surface area contributed by atoms with E-state index in [2.05, 4.69) is 5.32 Å². The SMILES string of the molecule is O=C(NC1CCCCC1)OCc1ccc(C(=O)O)cc1-c1ccccc1. The largest absolute Gasteiger partial charge is 0.478 e. The average molecular weight is 353 g/mol. The van der Waals surface area contributed by atoms with Gasteiger partial charge in [0.15, 0.2) is 0 Å². The molecule has 0 atom stereocenters. The average Bonchev–Trinajstić information content (AvgIpc) is 2.67. The molecule has 1 amide bonds. The fraction of sp³-hybridized carbons (Fsp3) is 0.333. The van der Waals surface area contributed by atoms with Gasteiger partial charge in [-0.2, -0.15) is 0 Å². The number of benzene rings is 2. The summed E-state index contributed by atoms with van der Waals surface area (Å²) in [4.78, 5) is 23.4. The molecule has 136 valence electrons. The predicted octanol–water partition coefficient (Wildman–Crippen LogP) is 4.61. The van der Waals surface area contributed by atoms with Crippen LogP contribution in [0.3, 0.4) is 0 Å². The molecule has 26 heavy (non-hydrogen) atoms. The first-order valence-electron chi connectivity index (χ1n) is 8.98. The van der Waals surface area contributed by atoms with Crippen LogP contribution in [0.2, 0.25) is 0 Å². The van der Waals surface area contributed by atoms with E-state index < -0.39 is 12.1 Å². The number of rotatable bonds is 5. The second kappa shape index (κ2) is 8.52. The van der Waals surface area contributed by atoms with Crippen LogP contribution in [0.1, 0.15) is 48.0 Å². The summed E-state index contributed by atoms with van der Waals surface area (Å²) in [6.07, 6.45) is 5.08. The first-order valence-corrected chi connectivity index (χ1v) is 8.98. The van der Waals surface area contributed by atoms with E-state index in [0.29, 0.717) is 0 Å². The lowest BCUT2D eigenvalue weighted by atomic mass is 9.96. The zero-order valence-corrected chi connectivity index (χ0v) is 14.6. The zero-order chi connectivity index (χ0) is 18.4. The van der Waals surface area contributed by atoms with Crippen molar-refractivity contribution >= 4 is 12.1 Å². The van der Waals surface area contributed by atoms with Crippen LogP contribution in [0, 0.1) is 0 Å². The fourth-order valence-electron chi connectivity index (χ4n) is 3.32. The van der Waals surface area contributed by atoms with Gasteiger partial charge in [-0.05, 0) is 41.7 Å². The molecule has 1 aliphatic rings. The Morgan fingerprint density at radius 1 is 1.04 bits per heavy atom. The molecule has 0 bridgehead atoms. The van der Waals surface area contributed by atoms with Crippen molar-refractivity contribution < 1.29 is 19.4 Å². The molecule has 0 heterocycles. The Balaban J connectivity index is 1.72. The molecule has 2 aromatic rings. The second-order valence-corrected chi connectivity index (χ2v) is 6.60. The normalized spacial score (nSPS) is 14.6. The van der Waals surface area contributed by atoms with Gasteiger partial charge in [-0.25, -0.2) is 9.59 Å². The van der Waals surface area contributed by atoms with Gasteiger partial charge < -0.3 is 15.2 Å². The first-order chi connectivity index (χ1) is 12.6. The van der Waals surface area contributed by atoms with E-state index >= 15 is 0 Å². The molecule has 5 nitrogen and oxygen atoms in total. The lowest BCUT2D eigenvalue weighted by Gasteiger charge is -2.22. The van der Waals surface area contributed by atoms with Crippen LogP contribution >= 0.6 is 0 Å². The molecule has 0 aliphatic heterocycles. The molecule has 5 heteroatoms. The Morgan fingerprint density at radius 3 is 2.46 bits per heavy atom. The van der Waals surface area contributed by atoms with E-state index in [9.17, 15) is 14.7 Å². The van der Waals surface area contributed by atoms with Crippen molar-refractivity contribution in [3.8, 4) is 11.1 Å². The maximum absolute atomic E-state index is 12.1. The van der Waals surface area contributed by atoms with Gasteiger partial charge in [0.1, 0.15) is 6.61 Å². The van der Waals surface area contributed by atoms with Gasteiger partial charge in [0, 0.05) is 6.04 Å². The molecular formula is C21H23NO4. The molecule has 1 saturated carbocycles. The number of ether oxygens (including phenoxy) is 1. The third kappa shape index (κ3) is 4.63. The minimum absolute atomic E-state index is 0.0999. The summed E-state index contributed by atoms with van der Waals surface area (Å²) in [7, 11) is 0. The first kappa shape index (κ1) is 18.0. The Labute approximate surface area is 153 Å². The summed E-state index contributed by atoms with van der Waals surface area (Å²) in [6, 6.07) is 14.6. The molecule has 0 saturated heterocycles. The highest BCUT2D eigenvalue weighted by molar-refractivity contribution is 5.90. The van der Waals surface area contributed by atoms with Crippen molar-refractivity contribution in [2.75, 3.05) is 0 Å². The molecule has 0 spiro atoms. The number of carbonyl (C=O) groups excluding carboxylic acids is 1. The van der Waals surface area contributed by atoms with E-state index in [1.807, 2.05) is 30.3 Å². The van der Waals surface area contributed by atoms with Crippen molar-refractivity contribution in [2.24, 2.45) is 0 Å². The van der Waals surface area contributed by atoms with Crippen LogP contribution in [-0.4, -0.2) is 23.2 Å². The Hall–Kier alpha value is -2.82. The highest BCUT2D eigenvalue weighted by atomic mass is 16.5. The van der Waals surface area contributed by atoms with E-state index in [1.54, 1.807) is 12.1 Å². The minimum Gasteiger partial charge on any atom is -0.478 e. The fourth-order valence-corrected chi connectivity index (χ4v) is 3.32. The molecule has 2 N–H and O–H groups in total. The maximum atomic E-state index is 12.1. The summed E-state index contributed by atoms with van der Waals surface area (Å²) < 4.78 is 5.40. The summed E-state index contributed by atoms with van der Waals surface area (Å²) in [6.45, 7) is 0.0999. The predicted molar refractivity (Wildman–Crippen MR) is 99.0 cm³/mol. The van der Waals surface area contributed by atoms with Gasteiger partial charge in [0.05, 0.1) is 5.56 Å². The van der Waals surface area contributed by atoms with Gasteiger partial charge in [0.2, 0.25) is 0 Å². The number of carboxylic acid groups (broad SMARTS) is 1. The topological polar surface area (TPSA) is 75.6 Å². The van der Waals surface area contributed by atoms with Gasteiger partial charge in [-0.1, -0.05) is 55.7 Å². The van der Waals surface area contributed by atoms with Crippen LogP contribution in [0.4, 0.5) is 4.79 Å². The number of amides is 1. The van der Waals surface area contributed by atoms with Crippen molar-refractivity contribution in [3.05, 3.63) is 59.7 Å². The summed E-state index contributed by atoms with van der Waals surface area (Å²) in [5.74, 6) is -0.982. The van der Waals surface area contributed by atoms with Gasteiger partial charge in [0.25, 0.3) is 0 Å². The summed E-state index contributed by atoms with van der Waals surface area (Å²) in [5, 5.41) is 12.2. The Bertz CT molecular complexity index is 767. The quantitative estimate of drug-likeness (QED) is 0.823. The molecule has 0 radical (unpaired) electrons. The van der Waals surface area contributed by atoms with Gasteiger partial charge >= 0.3 is 12.1 Å². The number of alkyl carbamates (subject to hydrolysis) is 1. The molecule has 3 rings (SSSR count). The molecule has 0 aromatic heterocycles. The highest BCUT2D eigenvalue weighted by Crippen LogP contribution is 2.26. The number of aromatic carboxylic acids is 1. The molecule has 1 aliphatic carbocycles. The number of carboxylic acids is 1. The third-order valence-electron chi connectivity index (χ3n) is 4.73. The van der Waals surface area contributed by atoms with Crippen LogP contribution in [0.25, 0.3) is 11.1 Å². The number of nitrogens with one attached hydrogen (secondary N) is 1. The van der Waals surface area contributed by atoms with Crippen molar-refractivity contribution in [1.82, 2.24) is 5.32 Å². The van der Waals surface area contributed by atoms with Gasteiger partial charge in [-0.3, -0.25) is 0 Å². The van der Waals surface area contributed by atoms with Crippen molar-refractivity contribution in [2.45, 2.75) is 44.8 Å². The van der Waals surface area contributed by atoms with Crippen LogP contribution in [-0.2, 0) is 11.3 Å². The Kier molecular flexibility index (Phi) is 5.89. The van der Waals surface area contributed by atoms with Crippen LogP contribution < -0.4 is 5.32 Å². The lowest BCUT2D eigenvalue weighted by molar-refractivity contribution is 0.0696. The third-order valence-corrected chi connectivity index (χ3v) is 4.73. The van der Waals surface area contributed by atoms with Crippen LogP contribution in [0.15, 0.2) is 48.5 Å². The van der Waals surface area contributed by atoms with Crippen molar-refractivity contribution in [1.29, 1.82) is 0 Å². The number of carbonyl (C=O) groups is 2. The second-order valence-electron chi connectivity index (χ2n) is 6.60.